The smallest absolute Gasteiger partial charge is 0.214 e. The van der Waals surface area contributed by atoms with E-state index in [2.05, 4.69) is 10.0 Å². The zero-order valence-corrected chi connectivity index (χ0v) is 12.3. The van der Waals surface area contributed by atoms with Gasteiger partial charge in [0.15, 0.2) is 0 Å². The molecule has 0 spiro atoms. The lowest BCUT2D eigenvalue weighted by molar-refractivity contribution is 0.302. The highest BCUT2D eigenvalue weighted by Crippen LogP contribution is 2.26. The molecule has 2 saturated carbocycles. The molecule has 0 saturated heterocycles. The molecule has 0 aromatic rings. The highest BCUT2D eigenvalue weighted by Gasteiger charge is 2.27. The maximum Gasteiger partial charge on any atom is 0.214 e. The summed E-state index contributed by atoms with van der Waals surface area (Å²) in [6.07, 6.45) is 6.94. The molecule has 0 aliphatic heterocycles. The van der Waals surface area contributed by atoms with Crippen molar-refractivity contribution in [2.45, 2.75) is 69.7 Å². The first-order valence-electron chi connectivity index (χ1n) is 7.22. The number of hydrogen-bond donors (Lipinski definition) is 2. The predicted molar refractivity (Wildman–Crippen MR) is 74.0 cm³/mol. The summed E-state index contributed by atoms with van der Waals surface area (Å²) in [7, 11) is -3.10. The normalized spacial score (nSPS) is 29.7. The SMILES string of the molecule is CC(C)S(=O)(=O)N[C@H]1CC[C@H](CNC2CC2)CC1. The Balaban J connectivity index is 1.69. The van der Waals surface area contributed by atoms with Crippen LogP contribution in [0.4, 0.5) is 0 Å². The van der Waals surface area contributed by atoms with Crippen LogP contribution < -0.4 is 10.0 Å². The molecular weight excluding hydrogens is 248 g/mol. The zero-order valence-electron chi connectivity index (χ0n) is 11.5. The molecule has 0 aromatic carbocycles. The molecule has 4 nitrogen and oxygen atoms in total. The first-order valence-corrected chi connectivity index (χ1v) is 8.76. The number of hydrogen-bond acceptors (Lipinski definition) is 3. The van der Waals surface area contributed by atoms with Crippen LogP contribution in [0.25, 0.3) is 0 Å². The largest absolute Gasteiger partial charge is 0.314 e. The summed E-state index contributed by atoms with van der Waals surface area (Å²) >= 11 is 0. The molecule has 0 atom stereocenters. The van der Waals surface area contributed by atoms with E-state index in [1.54, 1.807) is 13.8 Å². The Morgan fingerprint density at radius 2 is 1.56 bits per heavy atom. The Labute approximate surface area is 111 Å². The van der Waals surface area contributed by atoms with Gasteiger partial charge in [0.05, 0.1) is 5.25 Å². The Bertz CT molecular complexity index is 355. The fourth-order valence-electron chi connectivity index (χ4n) is 2.47. The highest BCUT2D eigenvalue weighted by molar-refractivity contribution is 7.90. The van der Waals surface area contributed by atoms with Gasteiger partial charge in [0.25, 0.3) is 0 Å². The van der Waals surface area contributed by atoms with Crippen molar-refractivity contribution in [2.24, 2.45) is 5.92 Å². The van der Waals surface area contributed by atoms with Gasteiger partial charge in [-0.2, -0.15) is 0 Å². The highest BCUT2D eigenvalue weighted by atomic mass is 32.2. The van der Waals surface area contributed by atoms with Gasteiger partial charge in [0.1, 0.15) is 0 Å². The summed E-state index contributed by atoms with van der Waals surface area (Å²) in [5, 5.41) is 3.24. The van der Waals surface area contributed by atoms with Gasteiger partial charge in [0.2, 0.25) is 10.0 Å². The average molecular weight is 274 g/mol. The van der Waals surface area contributed by atoms with Crippen LogP contribution in [0.2, 0.25) is 0 Å². The van der Waals surface area contributed by atoms with Crippen molar-refractivity contribution < 1.29 is 8.42 Å². The number of rotatable bonds is 6. The first kappa shape index (κ1) is 14.3. The van der Waals surface area contributed by atoms with Crippen molar-refractivity contribution in [2.75, 3.05) is 6.54 Å². The Hall–Kier alpha value is -0.130. The number of sulfonamides is 1. The maximum absolute atomic E-state index is 11.8. The summed E-state index contributed by atoms with van der Waals surface area (Å²) in [5.41, 5.74) is 0. The van der Waals surface area contributed by atoms with Crippen LogP contribution in [0.15, 0.2) is 0 Å². The Morgan fingerprint density at radius 1 is 1.00 bits per heavy atom. The van der Waals surface area contributed by atoms with E-state index in [9.17, 15) is 8.42 Å². The summed E-state index contributed by atoms with van der Waals surface area (Å²) in [6.45, 7) is 4.58. The fourth-order valence-corrected chi connectivity index (χ4v) is 3.45. The zero-order chi connectivity index (χ0) is 13.2. The van der Waals surface area contributed by atoms with Crippen LogP contribution in [0.3, 0.4) is 0 Å². The van der Waals surface area contributed by atoms with Crippen LogP contribution in [0.1, 0.15) is 52.4 Å². The van der Waals surface area contributed by atoms with Crippen LogP contribution in [-0.4, -0.2) is 32.3 Å². The summed E-state index contributed by atoms with van der Waals surface area (Å²) in [5.74, 6) is 0.741. The van der Waals surface area contributed by atoms with Crippen LogP contribution in [0.5, 0.6) is 0 Å². The van der Waals surface area contributed by atoms with Crippen molar-refractivity contribution in [1.82, 2.24) is 10.0 Å². The molecule has 0 radical (unpaired) electrons. The third-order valence-electron chi connectivity index (χ3n) is 4.07. The molecular formula is C13H26N2O2S. The van der Waals surface area contributed by atoms with Gasteiger partial charge >= 0.3 is 0 Å². The van der Waals surface area contributed by atoms with Crippen LogP contribution >= 0.6 is 0 Å². The summed E-state index contributed by atoms with van der Waals surface area (Å²) in [4.78, 5) is 0. The minimum absolute atomic E-state index is 0.162. The minimum Gasteiger partial charge on any atom is -0.314 e. The quantitative estimate of drug-likeness (QED) is 0.774. The van der Waals surface area contributed by atoms with E-state index in [-0.39, 0.29) is 11.3 Å². The maximum atomic E-state index is 11.8. The van der Waals surface area contributed by atoms with Crippen molar-refractivity contribution in [1.29, 1.82) is 0 Å². The molecule has 0 amide bonds. The van der Waals surface area contributed by atoms with Crippen molar-refractivity contribution >= 4 is 10.0 Å². The lowest BCUT2D eigenvalue weighted by atomic mass is 9.86. The lowest BCUT2D eigenvalue weighted by Crippen LogP contribution is -2.42. The summed E-state index contributed by atoms with van der Waals surface area (Å²) < 4.78 is 26.4. The summed E-state index contributed by atoms with van der Waals surface area (Å²) in [6, 6.07) is 0.941. The second kappa shape index (κ2) is 5.88. The standard InChI is InChI=1S/C13H26N2O2S/c1-10(2)18(16,17)15-13-5-3-11(4-6-13)9-14-12-7-8-12/h10-15H,3-9H2,1-2H3/t11-,13-. The molecule has 0 bridgehead atoms. The molecule has 2 fully saturated rings. The minimum atomic E-state index is -3.10. The van der Waals surface area contributed by atoms with Gasteiger partial charge in [-0.15, -0.1) is 0 Å². The molecule has 5 heteroatoms. The molecule has 2 N–H and O–H groups in total. The second-order valence-electron chi connectivity index (χ2n) is 6.11. The molecule has 18 heavy (non-hydrogen) atoms. The van der Waals surface area contributed by atoms with Crippen molar-refractivity contribution in [3.8, 4) is 0 Å². The third-order valence-corrected chi connectivity index (χ3v) is 5.97. The van der Waals surface area contributed by atoms with Gasteiger partial charge in [-0.1, -0.05) is 0 Å². The van der Waals surface area contributed by atoms with E-state index in [0.29, 0.717) is 0 Å². The molecule has 0 unspecified atom stereocenters. The third kappa shape index (κ3) is 4.21. The van der Waals surface area contributed by atoms with E-state index < -0.39 is 10.0 Å². The van der Waals surface area contributed by atoms with Crippen molar-refractivity contribution in [3.63, 3.8) is 0 Å². The first-order chi connectivity index (χ1) is 8.47. The van der Waals surface area contributed by atoms with E-state index >= 15 is 0 Å². The van der Waals surface area contributed by atoms with Gasteiger partial charge < -0.3 is 5.32 Å². The van der Waals surface area contributed by atoms with Gasteiger partial charge in [-0.3, -0.25) is 0 Å². The second-order valence-corrected chi connectivity index (χ2v) is 8.38. The van der Waals surface area contributed by atoms with E-state index in [0.717, 1.165) is 44.2 Å². The van der Waals surface area contributed by atoms with Gasteiger partial charge in [-0.05, 0) is 64.8 Å². The lowest BCUT2D eigenvalue weighted by Gasteiger charge is -2.29. The molecule has 2 rings (SSSR count). The molecule has 0 heterocycles. The van der Waals surface area contributed by atoms with E-state index in [1.807, 2.05) is 0 Å². The molecule has 2 aliphatic rings. The topological polar surface area (TPSA) is 58.2 Å². The Kier molecular flexibility index (Phi) is 4.67. The fraction of sp³-hybridized carbons (Fsp3) is 1.00. The van der Waals surface area contributed by atoms with Crippen LogP contribution in [0, 0.1) is 5.92 Å². The molecule has 106 valence electrons. The molecule has 0 aromatic heterocycles. The molecule has 2 aliphatic carbocycles. The van der Waals surface area contributed by atoms with Gasteiger partial charge in [-0.25, -0.2) is 13.1 Å². The van der Waals surface area contributed by atoms with Crippen molar-refractivity contribution in [3.05, 3.63) is 0 Å². The monoisotopic (exact) mass is 274 g/mol. The predicted octanol–water partition coefficient (Wildman–Crippen LogP) is 1.62. The van der Waals surface area contributed by atoms with E-state index in [4.69, 9.17) is 0 Å². The van der Waals surface area contributed by atoms with Crippen LogP contribution in [-0.2, 0) is 10.0 Å². The van der Waals surface area contributed by atoms with Gasteiger partial charge in [0, 0.05) is 12.1 Å². The average Bonchev–Trinajstić information content (AvgIpc) is 3.11. The number of nitrogens with one attached hydrogen (secondary N) is 2. The van der Waals surface area contributed by atoms with E-state index in [1.165, 1.54) is 12.8 Å². The Morgan fingerprint density at radius 3 is 2.06 bits per heavy atom.